The number of amides is 4. The summed E-state index contributed by atoms with van der Waals surface area (Å²) < 4.78 is 22.6. The van der Waals surface area contributed by atoms with Crippen LogP contribution in [-0.4, -0.2) is 118 Å². The predicted molar refractivity (Wildman–Crippen MR) is 204 cm³/mol. The summed E-state index contributed by atoms with van der Waals surface area (Å²) in [6, 6.07) is -0.235. The Morgan fingerprint density at radius 3 is 0.941 bits per heavy atom. The highest BCUT2D eigenvalue weighted by atomic mass is 16.6. The van der Waals surface area contributed by atoms with E-state index in [1.54, 1.807) is 19.6 Å². The Balaban J connectivity index is 5.22. The van der Waals surface area contributed by atoms with Crippen molar-refractivity contribution in [1.82, 2.24) is 19.6 Å². The molecule has 0 aromatic carbocycles. The molecule has 12 heteroatoms. The molecular formula is C39H76N4O8. The average molecular weight is 729 g/mol. The molecule has 0 aliphatic heterocycles. The Bertz CT molecular complexity index is 973. The van der Waals surface area contributed by atoms with E-state index in [1.807, 2.05) is 111 Å². The van der Waals surface area contributed by atoms with Crippen molar-refractivity contribution in [3.8, 4) is 0 Å². The summed E-state index contributed by atoms with van der Waals surface area (Å²) in [5.74, 6) is 0. The molecule has 0 rings (SSSR count). The number of hydrogen-bond acceptors (Lipinski definition) is 8. The number of carbonyl (C=O) groups is 4. The average Bonchev–Trinajstić information content (AvgIpc) is 2.92. The second-order valence-corrected chi connectivity index (χ2v) is 17.5. The molecular weight excluding hydrogens is 652 g/mol. The highest BCUT2D eigenvalue weighted by molar-refractivity contribution is 5.70. The Morgan fingerprint density at radius 2 is 0.686 bits per heavy atom. The second-order valence-electron chi connectivity index (χ2n) is 17.5. The van der Waals surface area contributed by atoms with Crippen LogP contribution in [0.5, 0.6) is 0 Å². The third kappa shape index (κ3) is 22.6. The summed E-state index contributed by atoms with van der Waals surface area (Å²) in [5, 5.41) is 0. The van der Waals surface area contributed by atoms with Gasteiger partial charge in [0.25, 0.3) is 0 Å². The van der Waals surface area contributed by atoms with E-state index in [0.29, 0.717) is 52.1 Å². The molecule has 0 radical (unpaired) electrons. The SMILES string of the molecule is CCN(C(=O)OC(C)(C)C)C(C)CCN(CCCCCCCN(CCC(C)N(CC)C(=O)OC(C)(C)C)C(=O)OC(C)(C)C)C(=O)OC(C)(C)C. The number of nitrogens with zero attached hydrogens (tertiary/aromatic N) is 4. The van der Waals surface area contributed by atoms with Crippen molar-refractivity contribution < 1.29 is 38.1 Å². The number of unbranched alkanes of at least 4 members (excludes halogenated alkanes) is 4. The van der Waals surface area contributed by atoms with Crippen LogP contribution in [-0.2, 0) is 18.9 Å². The molecule has 2 atom stereocenters. The van der Waals surface area contributed by atoms with Crippen LogP contribution in [0.3, 0.4) is 0 Å². The molecule has 0 saturated carbocycles. The summed E-state index contributed by atoms with van der Waals surface area (Å²) in [6.07, 6.45) is 4.16. The van der Waals surface area contributed by atoms with E-state index in [4.69, 9.17) is 18.9 Å². The number of hydrogen-bond donors (Lipinski definition) is 0. The lowest BCUT2D eigenvalue weighted by molar-refractivity contribution is 0.0124. The minimum atomic E-state index is -0.616. The van der Waals surface area contributed by atoms with Gasteiger partial charge in [0.05, 0.1) is 0 Å². The van der Waals surface area contributed by atoms with E-state index in [1.165, 1.54) is 0 Å². The molecule has 0 saturated heterocycles. The fourth-order valence-corrected chi connectivity index (χ4v) is 5.26. The topological polar surface area (TPSA) is 118 Å². The number of carbonyl (C=O) groups excluding carboxylic acids is 4. The van der Waals surface area contributed by atoms with Crippen LogP contribution in [0.4, 0.5) is 19.2 Å². The van der Waals surface area contributed by atoms with Crippen molar-refractivity contribution in [1.29, 1.82) is 0 Å². The van der Waals surface area contributed by atoms with Crippen molar-refractivity contribution in [2.45, 2.75) is 190 Å². The molecule has 51 heavy (non-hydrogen) atoms. The largest absolute Gasteiger partial charge is 0.444 e. The zero-order valence-electron chi connectivity index (χ0n) is 35.4. The van der Waals surface area contributed by atoms with E-state index in [-0.39, 0.29) is 36.5 Å². The van der Waals surface area contributed by atoms with Crippen LogP contribution in [0.25, 0.3) is 0 Å². The number of rotatable bonds is 18. The van der Waals surface area contributed by atoms with Gasteiger partial charge in [0.2, 0.25) is 0 Å². The van der Waals surface area contributed by atoms with Crippen molar-refractivity contribution in [3.63, 3.8) is 0 Å². The second kappa shape index (κ2) is 21.6. The lowest BCUT2D eigenvalue weighted by Crippen LogP contribution is -2.44. The van der Waals surface area contributed by atoms with Crippen LogP contribution in [0.2, 0.25) is 0 Å². The van der Waals surface area contributed by atoms with E-state index in [9.17, 15) is 19.2 Å². The summed E-state index contributed by atoms with van der Waals surface area (Å²) in [4.78, 5) is 58.6. The van der Waals surface area contributed by atoms with Crippen molar-refractivity contribution >= 4 is 24.4 Å². The quantitative estimate of drug-likeness (QED) is 0.101. The van der Waals surface area contributed by atoms with Gasteiger partial charge in [-0.2, -0.15) is 0 Å². The molecule has 0 bridgehead atoms. The van der Waals surface area contributed by atoms with Gasteiger partial charge in [-0.15, -0.1) is 0 Å². The molecule has 0 aliphatic rings. The van der Waals surface area contributed by atoms with E-state index in [0.717, 1.165) is 32.1 Å². The predicted octanol–water partition coefficient (Wildman–Crippen LogP) is 9.48. The summed E-state index contributed by atoms with van der Waals surface area (Å²) >= 11 is 0. The molecule has 0 aliphatic carbocycles. The van der Waals surface area contributed by atoms with Crippen LogP contribution in [0.1, 0.15) is 156 Å². The maximum atomic E-state index is 13.1. The van der Waals surface area contributed by atoms with Gasteiger partial charge in [-0.3, -0.25) is 0 Å². The minimum absolute atomic E-state index is 0.118. The van der Waals surface area contributed by atoms with E-state index >= 15 is 0 Å². The van der Waals surface area contributed by atoms with Crippen molar-refractivity contribution in [2.75, 3.05) is 39.3 Å². The van der Waals surface area contributed by atoms with Gasteiger partial charge in [-0.05, 0) is 136 Å². The maximum absolute atomic E-state index is 13.1. The lowest BCUT2D eigenvalue weighted by atomic mass is 10.1. The zero-order valence-corrected chi connectivity index (χ0v) is 35.4. The van der Waals surface area contributed by atoms with Gasteiger partial charge >= 0.3 is 24.4 Å². The summed E-state index contributed by atoms with van der Waals surface area (Å²) in [5.41, 5.74) is -2.40. The monoisotopic (exact) mass is 729 g/mol. The zero-order chi connectivity index (χ0) is 39.8. The molecule has 300 valence electrons. The smallest absolute Gasteiger partial charge is 0.410 e. The molecule has 0 heterocycles. The molecule has 0 aromatic heterocycles. The standard InChI is InChI=1S/C39H76N4O8/c1-17-42(34(46)50-38(11,12)13)30(3)24-28-40(32(44)48-36(5,6)7)26-22-20-19-21-23-27-41(33(45)49-37(8,9)10)29-25-31(4)43(18-2)35(47)51-39(14,15)16/h30-31H,17-29H2,1-16H3. The van der Waals surface area contributed by atoms with Gasteiger partial charge in [0, 0.05) is 51.4 Å². The first-order chi connectivity index (χ1) is 23.2. The Morgan fingerprint density at radius 1 is 0.431 bits per heavy atom. The fraction of sp³-hybridized carbons (Fsp3) is 0.897. The van der Waals surface area contributed by atoms with Crippen molar-refractivity contribution in [2.24, 2.45) is 0 Å². The number of ether oxygens (including phenoxy) is 4. The highest BCUT2D eigenvalue weighted by Gasteiger charge is 2.29. The summed E-state index contributed by atoms with van der Waals surface area (Å²) in [7, 11) is 0. The highest BCUT2D eigenvalue weighted by Crippen LogP contribution is 2.18. The molecule has 0 N–H and O–H groups in total. The third-order valence-electron chi connectivity index (χ3n) is 7.79. The van der Waals surface area contributed by atoms with Crippen LogP contribution >= 0.6 is 0 Å². The van der Waals surface area contributed by atoms with Gasteiger partial charge in [-0.1, -0.05) is 19.3 Å². The Hall–Kier alpha value is -2.92. The normalized spacial score (nSPS) is 13.5. The van der Waals surface area contributed by atoms with E-state index in [2.05, 4.69) is 0 Å². The maximum Gasteiger partial charge on any atom is 0.410 e. The first-order valence-electron chi connectivity index (χ1n) is 19.1. The molecule has 0 aromatic rings. The van der Waals surface area contributed by atoms with Gasteiger partial charge < -0.3 is 38.5 Å². The van der Waals surface area contributed by atoms with Crippen LogP contribution in [0.15, 0.2) is 0 Å². The molecule has 12 nitrogen and oxygen atoms in total. The minimum Gasteiger partial charge on any atom is -0.444 e. The lowest BCUT2D eigenvalue weighted by Gasteiger charge is -2.33. The van der Waals surface area contributed by atoms with Gasteiger partial charge in [0.15, 0.2) is 0 Å². The molecule has 2 unspecified atom stereocenters. The Labute approximate surface area is 311 Å². The molecule has 0 spiro atoms. The van der Waals surface area contributed by atoms with Gasteiger partial charge in [-0.25, -0.2) is 19.2 Å². The van der Waals surface area contributed by atoms with Crippen molar-refractivity contribution in [3.05, 3.63) is 0 Å². The van der Waals surface area contributed by atoms with E-state index < -0.39 is 22.4 Å². The first kappa shape index (κ1) is 48.1. The molecule has 4 amide bonds. The van der Waals surface area contributed by atoms with Gasteiger partial charge in [0.1, 0.15) is 22.4 Å². The fourth-order valence-electron chi connectivity index (χ4n) is 5.26. The first-order valence-corrected chi connectivity index (χ1v) is 19.1. The van der Waals surface area contributed by atoms with Crippen LogP contribution in [0, 0.1) is 0 Å². The molecule has 0 fully saturated rings. The Kier molecular flexibility index (Phi) is 20.3. The van der Waals surface area contributed by atoms with Crippen LogP contribution < -0.4 is 0 Å². The third-order valence-corrected chi connectivity index (χ3v) is 7.79. The summed E-state index contributed by atoms with van der Waals surface area (Å²) in [6.45, 7) is 33.1.